The first kappa shape index (κ1) is 22.0. The molecule has 0 saturated carbocycles. The lowest BCUT2D eigenvalue weighted by molar-refractivity contribution is -0.140. The summed E-state index contributed by atoms with van der Waals surface area (Å²) in [6, 6.07) is 13.6. The van der Waals surface area contributed by atoms with Crippen molar-refractivity contribution >= 4 is 23.6 Å². The molecule has 6 heteroatoms. The van der Waals surface area contributed by atoms with Crippen LogP contribution in [0.4, 0.5) is 4.39 Å². The quantitative estimate of drug-likeness (QED) is 0.641. The zero-order valence-electron chi connectivity index (χ0n) is 16.6. The maximum absolute atomic E-state index is 13.2. The molecule has 150 valence electrons. The molecule has 2 aromatic rings. The normalized spacial score (nSPS) is 11.7. The zero-order chi connectivity index (χ0) is 20.5. The van der Waals surface area contributed by atoms with E-state index in [0.717, 1.165) is 10.5 Å². The Morgan fingerprint density at radius 1 is 1.11 bits per heavy atom. The Labute approximate surface area is 170 Å². The molecule has 0 aromatic heterocycles. The molecule has 0 radical (unpaired) electrons. The molecule has 0 spiro atoms. The number of rotatable bonds is 9. The summed E-state index contributed by atoms with van der Waals surface area (Å²) in [5, 5.41) is 2.76. The van der Waals surface area contributed by atoms with E-state index in [1.807, 2.05) is 38.1 Å². The number of nitrogens with one attached hydrogen (secondary N) is 1. The van der Waals surface area contributed by atoms with Gasteiger partial charge in [0.2, 0.25) is 11.8 Å². The fourth-order valence-electron chi connectivity index (χ4n) is 2.73. The Bertz CT molecular complexity index is 778. The van der Waals surface area contributed by atoms with E-state index < -0.39 is 6.04 Å². The van der Waals surface area contributed by atoms with Gasteiger partial charge in [-0.1, -0.05) is 29.8 Å². The maximum atomic E-state index is 13.2. The number of hydrogen-bond acceptors (Lipinski definition) is 3. The summed E-state index contributed by atoms with van der Waals surface area (Å²) in [6.45, 7) is 6.38. The molecule has 0 aliphatic rings. The lowest BCUT2D eigenvalue weighted by Gasteiger charge is -2.28. The third-order valence-electron chi connectivity index (χ3n) is 4.39. The zero-order valence-corrected chi connectivity index (χ0v) is 17.4. The van der Waals surface area contributed by atoms with E-state index in [0.29, 0.717) is 18.7 Å². The SMILES string of the molecule is CCNC(=O)[C@H](C)N(Cc1ccc(F)cc1)C(=O)CCSc1ccc(C)cc1. The van der Waals surface area contributed by atoms with Crippen LogP contribution in [-0.2, 0) is 16.1 Å². The van der Waals surface area contributed by atoms with Crippen LogP contribution in [0.25, 0.3) is 0 Å². The minimum atomic E-state index is -0.595. The van der Waals surface area contributed by atoms with Crippen LogP contribution in [0.5, 0.6) is 0 Å². The highest BCUT2D eigenvalue weighted by Crippen LogP contribution is 2.20. The summed E-state index contributed by atoms with van der Waals surface area (Å²) in [5.74, 6) is 0.0175. The number of hydrogen-bond donors (Lipinski definition) is 1. The van der Waals surface area contributed by atoms with Crippen LogP contribution in [0.3, 0.4) is 0 Å². The smallest absolute Gasteiger partial charge is 0.242 e. The fraction of sp³-hybridized carbons (Fsp3) is 0.364. The summed E-state index contributed by atoms with van der Waals surface area (Å²) in [4.78, 5) is 27.8. The van der Waals surface area contributed by atoms with Gasteiger partial charge in [0.25, 0.3) is 0 Å². The predicted octanol–water partition coefficient (Wildman–Crippen LogP) is 4.17. The second-order valence-corrected chi connectivity index (χ2v) is 7.80. The number of nitrogens with zero attached hydrogens (tertiary/aromatic N) is 1. The van der Waals surface area contributed by atoms with Gasteiger partial charge in [-0.2, -0.15) is 0 Å². The second-order valence-electron chi connectivity index (χ2n) is 6.63. The Kier molecular flexibility index (Phi) is 8.51. The molecule has 28 heavy (non-hydrogen) atoms. The van der Waals surface area contributed by atoms with Gasteiger partial charge < -0.3 is 10.2 Å². The van der Waals surface area contributed by atoms with E-state index in [1.165, 1.54) is 17.7 Å². The molecule has 0 saturated heterocycles. The highest BCUT2D eigenvalue weighted by Gasteiger charge is 2.25. The van der Waals surface area contributed by atoms with E-state index in [-0.39, 0.29) is 24.2 Å². The molecule has 0 aliphatic heterocycles. The first-order chi connectivity index (χ1) is 13.4. The lowest BCUT2D eigenvalue weighted by Crippen LogP contribution is -2.47. The van der Waals surface area contributed by atoms with E-state index >= 15 is 0 Å². The third-order valence-corrected chi connectivity index (χ3v) is 5.40. The van der Waals surface area contributed by atoms with Crippen LogP contribution < -0.4 is 5.32 Å². The number of thioether (sulfide) groups is 1. The van der Waals surface area contributed by atoms with Crippen molar-refractivity contribution in [2.45, 2.75) is 44.7 Å². The van der Waals surface area contributed by atoms with Crippen LogP contribution >= 0.6 is 11.8 Å². The van der Waals surface area contributed by atoms with Crippen molar-refractivity contribution in [1.82, 2.24) is 10.2 Å². The molecule has 4 nitrogen and oxygen atoms in total. The first-order valence-electron chi connectivity index (χ1n) is 9.41. The highest BCUT2D eigenvalue weighted by molar-refractivity contribution is 7.99. The van der Waals surface area contributed by atoms with Crippen LogP contribution in [-0.4, -0.2) is 35.1 Å². The topological polar surface area (TPSA) is 49.4 Å². The monoisotopic (exact) mass is 402 g/mol. The third kappa shape index (κ3) is 6.68. The minimum Gasteiger partial charge on any atom is -0.355 e. The molecule has 0 bridgehead atoms. The summed E-state index contributed by atoms with van der Waals surface area (Å²) in [6.07, 6.45) is 0.323. The average Bonchev–Trinajstić information content (AvgIpc) is 2.68. The Morgan fingerprint density at radius 3 is 2.36 bits per heavy atom. The number of carbonyl (C=O) groups is 2. The molecule has 2 rings (SSSR count). The average molecular weight is 403 g/mol. The van der Waals surface area contributed by atoms with Gasteiger partial charge in [-0.05, 0) is 50.6 Å². The standard InChI is InChI=1S/C22H27FN2O2S/c1-4-24-22(27)17(3)25(15-18-7-9-19(23)10-8-18)21(26)13-14-28-20-11-5-16(2)6-12-20/h5-12,17H,4,13-15H2,1-3H3,(H,24,27)/t17-/m0/s1. The molecule has 0 aliphatic carbocycles. The summed E-state index contributed by atoms with van der Waals surface area (Å²) in [7, 11) is 0. The highest BCUT2D eigenvalue weighted by atomic mass is 32.2. The first-order valence-corrected chi connectivity index (χ1v) is 10.4. The Morgan fingerprint density at radius 2 is 1.75 bits per heavy atom. The molecule has 2 aromatic carbocycles. The van der Waals surface area contributed by atoms with Gasteiger partial charge in [0.1, 0.15) is 11.9 Å². The van der Waals surface area contributed by atoms with E-state index in [1.54, 1.807) is 35.7 Å². The lowest BCUT2D eigenvalue weighted by atomic mass is 10.1. The van der Waals surface area contributed by atoms with Crippen molar-refractivity contribution in [3.8, 4) is 0 Å². The van der Waals surface area contributed by atoms with Gasteiger partial charge in [0.05, 0.1) is 0 Å². The second kappa shape index (κ2) is 10.9. The van der Waals surface area contributed by atoms with Crippen molar-refractivity contribution in [1.29, 1.82) is 0 Å². The fourth-order valence-corrected chi connectivity index (χ4v) is 3.57. The summed E-state index contributed by atoms with van der Waals surface area (Å²) < 4.78 is 13.2. The number of likely N-dealkylation sites (N-methyl/N-ethyl adjacent to an activating group) is 1. The van der Waals surface area contributed by atoms with Crippen LogP contribution in [0, 0.1) is 12.7 Å². The van der Waals surface area contributed by atoms with Gasteiger partial charge >= 0.3 is 0 Å². The Balaban J connectivity index is 2.03. The minimum absolute atomic E-state index is 0.0947. The van der Waals surface area contributed by atoms with Crippen molar-refractivity contribution in [2.24, 2.45) is 0 Å². The van der Waals surface area contributed by atoms with Crippen molar-refractivity contribution in [3.05, 3.63) is 65.5 Å². The van der Waals surface area contributed by atoms with Gasteiger partial charge in [-0.15, -0.1) is 11.8 Å². The number of halogens is 1. The molecule has 0 heterocycles. The van der Waals surface area contributed by atoms with Crippen LogP contribution in [0.2, 0.25) is 0 Å². The van der Waals surface area contributed by atoms with Gasteiger partial charge in [0, 0.05) is 30.2 Å². The number of benzene rings is 2. The predicted molar refractivity (Wildman–Crippen MR) is 112 cm³/mol. The van der Waals surface area contributed by atoms with Gasteiger partial charge in [0.15, 0.2) is 0 Å². The molecular weight excluding hydrogens is 375 g/mol. The maximum Gasteiger partial charge on any atom is 0.242 e. The van der Waals surface area contributed by atoms with E-state index in [9.17, 15) is 14.0 Å². The molecule has 1 N–H and O–H groups in total. The van der Waals surface area contributed by atoms with Crippen molar-refractivity contribution in [2.75, 3.05) is 12.3 Å². The summed E-state index contributed by atoms with van der Waals surface area (Å²) in [5.41, 5.74) is 1.98. The number of amides is 2. The van der Waals surface area contributed by atoms with Gasteiger partial charge in [-0.3, -0.25) is 9.59 Å². The molecule has 2 amide bonds. The summed E-state index contributed by atoms with van der Waals surface area (Å²) >= 11 is 1.62. The van der Waals surface area contributed by atoms with E-state index in [2.05, 4.69) is 5.32 Å². The molecular formula is C22H27FN2O2S. The number of aryl methyl sites for hydroxylation is 1. The molecule has 1 atom stereocenters. The van der Waals surface area contributed by atoms with Crippen molar-refractivity contribution in [3.63, 3.8) is 0 Å². The van der Waals surface area contributed by atoms with Gasteiger partial charge in [-0.25, -0.2) is 4.39 Å². The Hall–Kier alpha value is -2.34. The molecule has 0 fully saturated rings. The van der Waals surface area contributed by atoms with Crippen LogP contribution in [0.1, 0.15) is 31.4 Å². The van der Waals surface area contributed by atoms with Crippen molar-refractivity contribution < 1.29 is 14.0 Å². The number of carbonyl (C=O) groups excluding carboxylic acids is 2. The molecule has 0 unspecified atom stereocenters. The largest absolute Gasteiger partial charge is 0.355 e. The van der Waals surface area contributed by atoms with Crippen LogP contribution in [0.15, 0.2) is 53.4 Å². The van der Waals surface area contributed by atoms with E-state index in [4.69, 9.17) is 0 Å².